The Labute approximate surface area is 322 Å². The van der Waals surface area contributed by atoms with Crippen molar-refractivity contribution in [2.45, 2.75) is 130 Å². The SMILES string of the molecule is CC(C)(C)c1cc2c([O-])c(c1)Cc1cc(C(C)(C)C)cc(c1[P+]([O-])(O)O)Cc1cc(C(C)(C)C)cc(c1[O-])Cc1cc(C(C)(C)C)cc(c1[P+]([O-])([O-])[O-])C2. The molecular weight excluding hydrogens is 718 g/mol. The standard InChI is InChI=1S/C44H58O8P2/c1-41(2,3)33-17-25-13-29-21-35(43(7,8)9)23-31(39(29)53(47,48)49)15-27-19-34(42(4,5)6)20-28(38(27)46)16-32-24-36(44(10,11)12)22-30(40(32)54(50,51)52)14-26(18-33)37(25)45/h17-24,45-46H,13-16H2,1-12H3,(H2,47,48,49)(H2,50,51,52)/p-4. The third kappa shape index (κ3) is 8.88. The predicted octanol–water partition coefficient (Wildman–Crippen LogP) is 3.90. The monoisotopic (exact) mass is 772 g/mol. The summed E-state index contributed by atoms with van der Waals surface area (Å²) in [7, 11) is -10.5. The number of fused-ring (bicyclic) bond motifs is 8. The molecule has 8 nitrogen and oxygen atoms in total. The normalized spacial score (nSPS) is 14.7. The molecule has 1 aliphatic rings. The molecule has 292 valence electrons. The summed E-state index contributed by atoms with van der Waals surface area (Å²) in [6.07, 6.45) is -0.585. The Morgan fingerprint density at radius 2 is 0.593 bits per heavy atom. The van der Waals surface area contributed by atoms with Crippen LogP contribution in [0.15, 0.2) is 48.5 Å². The third-order valence-electron chi connectivity index (χ3n) is 10.6. The second kappa shape index (κ2) is 13.9. The van der Waals surface area contributed by atoms with Crippen molar-refractivity contribution in [2.24, 2.45) is 0 Å². The molecule has 8 bridgehead atoms. The molecule has 0 unspecified atom stereocenters. The van der Waals surface area contributed by atoms with Crippen molar-refractivity contribution in [2.75, 3.05) is 0 Å². The Kier molecular flexibility index (Phi) is 10.9. The smallest absolute Gasteiger partial charge is 0.264 e. The van der Waals surface area contributed by atoms with E-state index in [9.17, 15) is 39.6 Å². The first-order valence-electron chi connectivity index (χ1n) is 18.4. The lowest BCUT2D eigenvalue weighted by atomic mass is 9.79. The lowest BCUT2D eigenvalue weighted by Crippen LogP contribution is -2.44. The van der Waals surface area contributed by atoms with Crippen molar-refractivity contribution in [3.8, 4) is 11.5 Å². The van der Waals surface area contributed by atoms with Gasteiger partial charge >= 0.3 is 0 Å². The van der Waals surface area contributed by atoms with Crippen LogP contribution in [-0.2, 0) is 47.3 Å². The minimum atomic E-state index is -5.47. The van der Waals surface area contributed by atoms with Gasteiger partial charge in [-0.25, -0.2) is 9.79 Å². The fourth-order valence-corrected chi connectivity index (χ4v) is 9.40. The lowest BCUT2D eigenvalue weighted by Gasteiger charge is -2.45. The van der Waals surface area contributed by atoms with Crippen LogP contribution in [0.25, 0.3) is 0 Å². The minimum absolute atomic E-state index is 0.119. The summed E-state index contributed by atoms with van der Waals surface area (Å²) in [5.41, 5.74) is 3.28. The number of rotatable bonds is 2. The van der Waals surface area contributed by atoms with Crippen LogP contribution in [0.4, 0.5) is 0 Å². The molecule has 0 atom stereocenters. The lowest BCUT2D eigenvalue weighted by molar-refractivity contribution is -0.421. The molecule has 0 heterocycles. The average molecular weight is 773 g/mol. The highest BCUT2D eigenvalue weighted by atomic mass is 31.2. The largest absolute Gasteiger partial charge is 0.872 e. The summed E-state index contributed by atoms with van der Waals surface area (Å²) in [4.78, 5) is 75.6. The summed E-state index contributed by atoms with van der Waals surface area (Å²) >= 11 is 0. The molecule has 54 heavy (non-hydrogen) atoms. The molecule has 5 rings (SSSR count). The van der Waals surface area contributed by atoms with Crippen LogP contribution in [-0.4, -0.2) is 9.79 Å². The fourth-order valence-electron chi connectivity index (χ4n) is 7.37. The van der Waals surface area contributed by atoms with E-state index in [0.717, 1.165) is 22.3 Å². The van der Waals surface area contributed by atoms with Crippen molar-refractivity contribution in [1.82, 2.24) is 0 Å². The molecule has 0 radical (unpaired) electrons. The van der Waals surface area contributed by atoms with Gasteiger partial charge in [0.1, 0.15) is 0 Å². The first kappa shape index (κ1) is 42.2. The van der Waals surface area contributed by atoms with Gasteiger partial charge in [-0.05, 0) is 55.0 Å². The summed E-state index contributed by atoms with van der Waals surface area (Å²) in [5.74, 6) is -0.784. The molecule has 10 heteroatoms. The van der Waals surface area contributed by atoms with Gasteiger partial charge in [-0.2, -0.15) is 0 Å². The van der Waals surface area contributed by atoms with Crippen LogP contribution in [0.5, 0.6) is 11.5 Å². The quantitative estimate of drug-likeness (QED) is 0.254. The van der Waals surface area contributed by atoms with E-state index in [4.69, 9.17) is 0 Å². The van der Waals surface area contributed by atoms with Gasteiger partial charge in [0.05, 0.1) is 5.30 Å². The van der Waals surface area contributed by atoms with Gasteiger partial charge in [-0.15, -0.1) is 19.4 Å². The van der Waals surface area contributed by atoms with Gasteiger partial charge in [0.15, 0.2) is 5.30 Å². The second-order valence-corrected chi connectivity index (χ2v) is 22.3. The topological polar surface area (TPSA) is 179 Å². The zero-order chi connectivity index (χ0) is 40.7. The highest BCUT2D eigenvalue weighted by molar-refractivity contribution is 7.65. The van der Waals surface area contributed by atoms with Gasteiger partial charge in [0, 0.05) is 36.8 Å². The molecule has 0 saturated heterocycles. The second-order valence-electron chi connectivity index (χ2n) is 19.3. The van der Waals surface area contributed by atoms with Crippen molar-refractivity contribution in [1.29, 1.82) is 0 Å². The average Bonchev–Trinajstić information content (AvgIpc) is 2.97. The summed E-state index contributed by atoms with van der Waals surface area (Å²) in [6.45, 7) is 23.8. The highest BCUT2D eigenvalue weighted by Gasteiger charge is 2.34. The molecule has 0 aliphatic heterocycles. The molecule has 1 aliphatic carbocycles. The van der Waals surface area contributed by atoms with Crippen LogP contribution in [0.1, 0.15) is 150 Å². The summed E-state index contributed by atoms with van der Waals surface area (Å²) in [5, 5.41) is 28.5. The third-order valence-corrected chi connectivity index (χ3v) is 12.9. The highest BCUT2D eigenvalue weighted by Crippen LogP contribution is 2.45. The summed E-state index contributed by atoms with van der Waals surface area (Å²) in [6, 6.07) is 13.9. The van der Waals surface area contributed by atoms with Gasteiger partial charge in [0.2, 0.25) is 0 Å². The molecule has 0 fully saturated rings. The van der Waals surface area contributed by atoms with E-state index < -0.39 is 54.4 Å². The van der Waals surface area contributed by atoms with Crippen molar-refractivity contribution in [3.05, 3.63) is 115 Å². The molecule has 0 aromatic heterocycles. The van der Waals surface area contributed by atoms with E-state index in [-0.39, 0.29) is 64.4 Å². The van der Waals surface area contributed by atoms with Crippen LogP contribution in [0.2, 0.25) is 0 Å². The Hall–Kier alpha value is -2.90. The first-order chi connectivity index (χ1) is 24.4. The van der Waals surface area contributed by atoms with E-state index in [0.29, 0.717) is 11.1 Å². The fraction of sp³-hybridized carbons (Fsp3) is 0.455. The van der Waals surface area contributed by atoms with E-state index in [2.05, 4.69) is 0 Å². The van der Waals surface area contributed by atoms with Crippen LogP contribution >= 0.6 is 15.9 Å². The summed E-state index contributed by atoms with van der Waals surface area (Å²) < 4.78 is 0. The van der Waals surface area contributed by atoms with E-state index in [1.54, 1.807) is 48.5 Å². The maximum absolute atomic E-state index is 14.6. The van der Waals surface area contributed by atoms with Gasteiger partial charge in [-0.1, -0.05) is 154 Å². The zero-order valence-corrected chi connectivity index (χ0v) is 35.5. The molecule has 0 spiro atoms. The van der Waals surface area contributed by atoms with E-state index in [1.807, 2.05) is 83.1 Å². The maximum Gasteiger partial charge on any atom is 0.264 e. The number of hydrogen-bond donors (Lipinski definition) is 2. The van der Waals surface area contributed by atoms with E-state index in [1.165, 1.54) is 0 Å². The molecule has 2 N–H and O–H groups in total. The van der Waals surface area contributed by atoms with Crippen molar-refractivity contribution in [3.63, 3.8) is 0 Å². The molecule has 4 aromatic carbocycles. The Morgan fingerprint density at radius 1 is 0.389 bits per heavy atom. The van der Waals surface area contributed by atoms with Gasteiger partial charge in [-0.3, -0.25) is 0 Å². The Bertz CT molecular complexity index is 1850. The molecule has 0 saturated carbocycles. The molecule has 0 amide bonds. The first-order valence-corrected chi connectivity index (χ1v) is 21.6. The van der Waals surface area contributed by atoms with Crippen molar-refractivity contribution >= 4 is 26.5 Å². The van der Waals surface area contributed by atoms with Crippen molar-refractivity contribution < 1.29 is 39.6 Å². The maximum atomic E-state index is 14.6. The zero-order valence-electron chi connectivity index (χ0n) is 33.7. The Balaban J connectivity index is 2.01. The van der Waals surface area contributed by atoms with E-state index >= 15 is 0 Å². The van der Waals surface area contributed by atoms with Crippen LogP contribution in [0.3, 0.4) is 0 Å². The minimum Gasteiger partial charge on any atom is -0.872 e. The van der Waals surface area contributed by atoms with Gasteiger partial charge in [0.25, 0.3) is 7.94 Å². The van der Waals surface area contributed by atoms with Crippen LogP contribution in [0, 0.1) is 0 Å². The molecule has 4 aromatic rings. The van der Waals surface area contributed by atoms with Gasteiger partial charge < -0.3 is 29.8 Å². The van der Waals surface area contributed by atoms with Crippen LogP contribution < -0.4 is 40.4 Å². The predicted molar refractivity (Wildman–Crippen MR) is 208 cm³/mol. The number of hydrogen-bond acceptors (Lipinski definition) is 8. The molecular formula is C44H54O8P2-4. The number of benzene rings is 4. The Morgan fingerprint density at radius 3 is 0.778 bits per heavy atom.